The largest absolute Gasteiger partial charge is 0.480 e. The number of pyridine rings is 1. The zero-order valence-electron chi connectivity index (χ0n) is 18.4. The standard InChI is InChI=1S/C21H28N8O4/c1-12-3-4-16(15(23)6-8-26-17(24)5-7-22)29(11-12)21(32)19(31)28-13-9-14(18(25)30)20(33-2)27-10-13/h5-10,12,16,23H,3-4,11,22H2,1-2H3,(H2,24,26)(H2,25,30)(H,28,31)/b7-5-,8-6-,23-15?/t12-,16?/m0/s1. The third-order valence-corrected chi connectivity index (χ3v) is 4.96. The second-order valence-electron chi connectivity index (χ2n) is 7.46. The van der Waals surface area contributed by atoms with Gasteiger partial charge in [-0.25, -0.2) is 4.98 Å². The first-order valence-corrected chi connectivity index (χ1v) is 10.1. The number of carbonyl (C=O) groups excluding carboxylic acids is 3. The highest BCUT2D eigenvalue weighted by molar-refractivity contribution is 6.40. The van der Waals surface area contributed by atoms with Gasteiger partial charge in [0.1, 0.15) is 11.4 Å². The summed E-state index contributed by atoms with van der Waals surface area (Å²) in [6.45, 7) is 2.27. The normalized spacial score (nSPS) is 18.2. The lowest BCUT2D eigenvalue weighted by atomic mass is 9.91. The minimum absolute atomic E-state index is 0.000578. The van der Waals surface area contributed by atoms with Crippen molar-refractivity contribution in [3.8, 4) is 5.88 Å². The van der Waals surface area contributed by atoms with Crippen LogP contribution in [-0.4, -0.2) is 58.8 Å². The van der Waals surface area contributed by atoms with E-state index in [1.54, 1.807) is 0 Å². The number of piperidine rings is 1. The molecule has 0 aliphatic carbocycles. The van der Waals surface area contributed by atoms with Gasteiger partial charge < -0.3 is 37.1 Å². The molecule has 12 heteroatoms. The van der Waals surface area contributed by atoms with Gasteiger partial charge in [0.05, 0.1) is 30.7 Å². The number of methoxy groups -OCH3 is 1. The number of rotatable bonds is 7. The van der Waals surface area contributed by atoms with E-state index in [-0.39, 0.29) is 34.6 Å². The minimum atomic E-state index is -0.929. The molecule has 2 atom stereocenters. The molecule has 8 N–H and O–H groups in total. The summed E-state index contributed by atoms with van der Waals surface area (Å²) in [6.07, 6.45) is 7.93. The predicted molar refractivity (Wildman–Crippen MR) is 123 cm³/mol. The molecule has 0 aromatic carbocycles. The van der Waals surface area contributed by atoms with Crippen LogP contribution in [0.15, 0.2) is 36.8 Å². The maximum Gasteiger partial charge on any atom is 0.313 e. The number of amidine groups is 1. The number of hydrogen-bond donors (Lipinski definition) is 6. The van der Waals surface area contributed by atoms with Crippen LogP contribution in [-0.2, 0) is 9.59 Å². The Morgan fingerprint density at radius 2 is 2.00 bits per heavy atom. The smallest absolute Gasteiger partial charge is 0.313 e. The van der Waals surface area contributed by atoms with Crippen molar-refractivity contribution >= 4 is 35.0 Å². The zero-order chi connectivity index (χ0) is 24.5. The quantitative estimate of drug-likeness (QED) is 0.193. The van der Waals surface area contributed by atoms with Crippen molar-refractivity contribution < 1.29 is 19.1 Å². The summed E-state index contributed by atoms with van der Waals surface area (Å²) >= 11 is 0. The Balaban J connectivity index is 2.15. The highest BCUT2D eigenvalue weighted by Crippen LogP contribution is 2.24. The van der Waals surface area contributed by atoms with Crippen molar-refractivity contribution in [2.45, 2.75) is 25.8 Å². The summed E-state index contributed by atoms with van der Waals surface area (Å²) in [4.78, 5) is 42.5. The minimum Gasteiger partial charge on any atom is -0.480 e. The Hall–Kier alpha value is -4.22. The third kappa shape index (κ3) is 6.63. The number of likely N-dealkylation sites (tertiary alicyclic amines) is 1. The van der Waals surface area contributed by atoms with Crippen molar-refractivity contribution in [1.29, 1.82) is 10.8 Å². The Bertz CT molecular complexity index is 1000. The van der Waals surface area contributed by atoms with Gasteiger partial charge in [0.2, 0.25) is 5.88 Å². The molecule has 1 saturated heterocycles. The van der Waals surface area contributed by atoms with Crippen molar-refractivity contribution in [3.63, 3.8) is 0 Å². The van der Waals surface area contributed by atoms with Gasteiger partial charge in [0.25, 0.3) is 5.91 Å². The monoisotopic (exact) mass is 456 g/mol. The summed E-state index contributed by atoms with van der Waals surface area (Å²) in [5, 5.41) is 21.0. The molecule has 1 aromatic rings. The first-order valence-electron chi connectivity index (χ1n) is 10.1. The number of nitrogens with one attached hydrogen (secondary N) is 4. The first kappa shape index (κ1) is 25.0. The summed E-state index contributed by atoms with van der Waals surface area (Å²) in [5.41, 5.74) is 10.7. The molecule has 0 bridgehead atoms. The fraction of sp³-hybridized carbons (Fsp3) is 0.333. The summed E-state index contributed by atoms with van der Waals surface area (Å²) in [7, 11) is 1.32. The van der Waals surface area contributed by atoms with Crippen LogP contribution in [0, 0.1) is 16.7 Å². The average Bonchev–Trinajstić information content (AvgIpc) is 2.78. The Labute approximate surface area is 191 Å². The summed E-state index contributed by atoms with van der Waals surface area (Å²) in [5.74, 6) is -2.35. The van der Waals surface area contributed by atoms with Crippen LogP contribution in [0.4, 0.5) is 5.69 Å². The van der Waals surface area contributed by atoms with Crippen LogP contribution in [0.3, 0.4) is 0 Å². The molecule has 1 fully saturated rings. The van der Waals surface area contributed by atoms with Crippen molar-refractivity contribution in [2.24, 2.45) is 17.4 Å². The molecule has 1 aliphatic heterocycles. The highest BCUT2D eigenvalue weighted by Gasteiger charge is 2.35. The van der Waals surface area contributed by atoms with E-state index >= 15 is 0 Å². The van der Waals surface area contributed by atoms with Gasteiger partial charge in [-0.1, -0.05) is 6.92 Å². The molecule has 33 heavy (non-hydrogen) atoms. The number of anilines is 1. The summed E-state index contributed by atoms with van der Waals surface area (Å²) in [6, 6.07) is 0.670. The fourth-order valence-electron chi connectivity index (χ4n) is 3.35. The molecule has 1 aliphatic rings. The number of primary amides is 1. The number of nitrogens with two attached hydrogens (primary N) is 2. The lowest BCUT2D eigenvalue weighted by molar-refractivity contribution is -0.145. The van der Waals surface area contributed by atoms with E-state index in [9.17, 15) is 14.4 Å². The van der Waals surface area contributed by atoms with Gasteiger partial charge in [-0.05, 0) is 43.2 Å². The maximum absolute atomic E-state index is 13.0. The Morgan fingerprint density at radius 3 is 2.64 bits per heavy atom. The van der Waals surface area contributed by atoms with Crippen LogP contribution >= 0.6 is 0 Å². The van der Waals surface area contributed by atoms with E-state index in [1.165, 1.54) is 48.8 Å². The number of ether oxygens (including phenoxy) is 1. The average molecular weight is 457 g/mol. The molecule has 176 valence electrons. The lowest BCUT2D eigenvalue weighted by Gasteiger charge is -2.38. The molecule has 0 saturated carbocycles. The van der Waals surface area contributed by atoms with Gasteiger partial charge >= 0.3 is 11.8 Å². The van der Waals surface area contributed by atoms with E-state index in [1.807, 2.05) is 6.92 Å². The number of aromatic nitrogens is 1. The van der Waals surface area contributed by atoms with Gasteiger partial charge in [-0.2, -0.15) is 0 Å². The Kier molecular flexibility index (Phi) is 8.66. The van der Waals surface area contributed by atoms with Crippen LogP contribution in [0.2, 0.25) is 0 Å². The summed E-state index contributed by atoms with van der Waals surface area (Å²) < 4.78 is 4.96. The van der Waals surface area contributed by atoms with Crippen molar-refractivity contribution in [2.75, 3.05) is 19.0 Å². The Morgan fingerprint density at radius 1 is 1.27 bits per heavy atom. The van der Waals surface area contributed by atoms with Crippen molar-refractivity contribution in [1.82, 2.24) is 15.2 Å². The first-order chi connectivity index (χ1) is 15.7. The van der Waals surface area contributed by atoms with E-state index < -0.39 is 23.8 Å². The number of nitrogens with zero attached hydrogens (tertiary/aromatic N) is 2. The van der Waals surface area contributed by atoms with E-state index in [0.717, 1.165) is 6.42 Å². The highest BCUT2D eigenvalue weighted by atomic mass is 16.5. The van der Waals surface area contributed by atoms with Gasteiger partial charge in [-0.15, -0.1) is 0 Å². The molecule has 3 amide bonds. The molecule has 1 unspecified atom stereocenters. The van der Waals surface area contributed by atoms with Crippen molar-refractivity contribution in [3.05, 3.63) is 42.4 Å². The number of carbonyl (C=O) groups is 3. The predicted octanol–water partition coefficient (Wildman–Crippen LogP) is 0.327. The molecular weight excluding hydrogens is 428 g/mol. The SMILES string of the molecule is COc1ncc(NC(=O)C(=O)N2C[C@@H](C)CCC2C(=N)/C=C\NC(=N)/C=C\N)cc1C(N)=O. The lowest BCUT2D eigenvalue weighted by Crippen LogP contribution is -2.53. The van der Waals surface area contributed by atoms with Crippen LogP contribution in [0.5, 0.6) is 5.88 Å². The van der Waals surface area contributed by atoms with E-state index in [2.05, 4.69) is 15.6 Å². The second kappa shape index (κ2) is 11.4. The molecular formula is C21H28N8O4. The molecule has 12 nitrogen and oxygen atoms in total. The molecule has 0 spiro atoms. The van der Waals surface area contributed by atoms with Gasteiger partial charge in [0, 0.05) is 12.7 Å². The molecule has 1 aromatic heterocycles. The number of hydrogen-bond acceptors (Lipinski definition) is 8. The second-order valence-corrected chi connectivity index (χ2v) is 7.46. The molecule has 2 heterocycles. The number of amides is 3. The fourth-order valence-corrected chi connectivity index (χ4v) is 3.35. The van der Waals surface area contributed by atoms with Crippen LogP contribution < -0.4 is 26.8 Å². The van der Waals surface area contributed by atoms with Crippen LogP contribution in [0.25, 0.3) is 0 Å². The zero-order valence-corrected chi connectivity index (χ0v) is 18.4. The third-order valence-electron chi connectivity index (χ3n) is 4.96. The van der Waals surface area contributed by atoms with Gasteiger partial charge in [0.15, 0.2) is 0 Å². The van der Waals surface area contributed by atoms with E-state index in [4.69, 9.17) is 27.0 Å². The van der Waals surface area contributed by atoms with Crippen LogP contribution in [0.1, 0.15) is 30.1 Å². The van der Waals surface area contributed by atoms with Gasteiger partial charge in [-0.3, -0.25) is 19.8 Å². The molecule has 2 rings (SSSR count). The van der Waals surface area contributed by atoms with E-state index in [0.29, 0.717) is 13.0 Å². The topological polar surface area (TPSA) is 200 Å². The maximum atomic E-state index is 13.0. The molecule has 0 radical (unpaired) electrons.